The third kappa shape index (κ3) is 5.10. The number of aryl methyl sites for hydroxylation is 2. The fourth-order valence-corrected chi connectivity index (χ4v) is 4.14. The van der Waals surface area contributed by atoms with E-state index in [0.29, 0.717) is 0 Å². The van der Waals surface area contributed by atoms with Crippen LogP contribution in [0.1, 0.15) is 16.4 Å². The molecule has 0 saturated carbocycles. The van der Waals surface area contributed by atoms with Crippen molar-refractivity contribution in [3.63, 3.8) is 0 Å². The molecule has 4 rings (SSSR count). The number of hydrogen-bond acceptors (Lipinski definition) is 7. The maximum absolute atomic E-state index is 4.64. The molecule has 0 bridgehead atoms. The van der Waals surface area contributed by atoms with Crippen molar-refractivity contribution in [2.45, 2.75) is 20.3 Å². The second-order valence-corrected chi connectivity index (χ2v) is 8.64. The molecule has 1 fully saturated rings. The topological polar surface area (TPSA) is 57.2 Å². The van der Waals surface area contributed by atoms with Gasteiger partial charge >= 0.3 is 0 Å². The van der Waals surface area contributed by atoms with Crippen LogP contribution in [-0.4, -0.2) is 59.6 Å². The van der Waals surface area contributed by atoms with Gasteiger partial charge in [0.05, 0.1) is 10.7 Å². The molecule has 1 N–H and O–H groups in total. The van der Waals surface area contributed by atoms with Crippen LogP contribution in [0.4, 0.5) is 11.6 Å². The van der Waals surface area contributed by atoms with Gasteiger partial charge < -0.3 is 15.1 Å². The van der Waals surface area contributed by atoms with Crippen molar-refractivity contribution in [2.24, 2.45) is 0 Å². The summed E-state index contributed by atoms with van der Waals surface area (Å²) in [6.07, 6.45) is 0.948. The highest BCUT2D eigenvalue weighted by molar-refractivity contribution is 7.09. The number of thiazole rings is 1. The van der Waals surface area contributed by atoms with Gasteiger partial charge in [0.25, 0.3) is 0 Å². The lowest BCUT2D eigenvalue weighted by Crippen LogP contribution is -2.44. The number of hydrogen-bond donors (Lipinski definition) is 1. The lowest BCUT2D eigenvalue weighted by molar-refractivity contribution is 0.312. The molecule has 1 saturated heterocycles. The number of piperazine rings is 1. The van der Waals surface area contributed by atoms with Crippen LogP contribution in [-0.2, 0) is 6.42 Å². The van der Waals surface area contributed by atoms with E-state index in [1.54, 1.807) is 11.3 Å². The summed E-state index contributed by atoms with van der Waals surface area (Å²) in [6.45, 7) is 9.01. The van der Waals surface area contributed by atoms with Gasteiger partial charge in [-0.15, -0.1) is 11.3 Å². The highest BCUT2D eigenvalue weighted by atomic mass is 32.1. The van der Waals surface area contributed by atoms with Gasteiger partial charge in [-0.2, -0.15) is 0 Å². The zero-order valence-corrected chi connectivity index (χ0v) is 18.2. The molecule has 152 valence electrons. The van der Waals surface area contributed by atoms with Gasteiger partial charge in [-0.3, -0.25) is 0 Å². The molecule has 7 heteroatoms. The van der Waals surface area contributed by atoms with Crippen molar-refractivity contribution in [2.75, 3.05) is 50.0 Å². The summed E-state index contributed by atoms with van der Waals surface area (Å²) in [5.41, 5.74) is 3.54. The van der Waals surface area contributed by atoms with Crippen LogP contribution in [0.3, 0.4) is 0 Å². The predicted molar refractivity (Wildman–Crippen MR) is 121 cm³/mol. The van der Waals surface area contributed by atoms with Crippen LogP contribution >= 0.6 is 11.3 Å². The van der Waals surface area contributed by atoms with Gasteiger partial charge in [-0.25, -0.2) is 15.0 Å². The Morgan fingerprint density at radius 1 is 1.00 bits per heavy atom. The van der Waals surface area contributed by atoms with Crippen LogP contribution in [0, 0.1) is 13.8 Å². The van der Waals surface area contributed by atoms with E-state index in [0.717, 1.165) is 67.3 Å². The van der Waals surface area contributed by atoms with Gasteiger partial charge in [0.1, 0.15) is 17.5 Å². The number of nitrogens with zero attached hydrogens (tertiary/aromatic N) is 5. The summed E-state index contributed by atoms with van der Waals surface area (Å²) in [5.74, 6) is 2.74. The first kappa shape index (κ1) is 19.8. The summed E-state index contributed by atoms with van der Waals surface area (Å²) in [4.78, 5) is 18.5. The first-order valence-electron chi connectivity index (χ1n) is 10.1. The van der Waals surface area contributed by atoms with E-state index >= 15 is 0 Å². The summed E-state index contributed by atoms with van der Waals surface area (Å²) in [7, 11) is 2.17. The first-order chi connectivity index (χ1) is 14.1. The summed E-state index contributed by atoms with van der Waals surface area (Å²) < 4.78 is 0. The molecule has 0 spiro atoms. The predicted octanol–water partition coefficient (Wildman–Crippen LogP) is 3.62. The van der Waals surface area contributed by atoms with E-state index in [-0.39, 0.29) is 0 Å². The van der Waals surface area contributed by atoms with E-state index in [2.05, 4.69) is 72.8 Å². The Morgan fingerprint density at radius 3 is 2.45 bits per heavy atom. The van der Waals surface area contributed by atoms with Crippen LogP contribution in [0.2, 0.25) is 0 Å². The van der Waals surface area contributed by atoms with E-state index < -0.39 is 0 Å². The monoisotopic (exact) mass is 408 g/mol. The molecule has 2 aromatic heterocycles. The van der Waals surface area contributed by atoms with Crippen molar-refractivity contribution < 1.29 is 0 Å². The minimum atomic E-state index is 0.812. The summed E-state index contributed by atoms with van der Waals surface area (Å²) in [5, 5.41) is 6.69. The van der Waals surface area contributed by atoms with E-state index in [1.165, 1.54) is 11.1 Å². The number of anilines is 2. The Bertz CT molecular complexity index is 944. The zero-order valence-electron chi connectivity index (χ0n) is 17.4. The lowest BCUT2D eigenvalue weighted by atomic mass is 10.1. The number of rotatable bonds is 6. The molecule has 0 amide bonds. The molecule has 1 aliphatic heterocycles. The fraction of sp³-hybridized carbons (Fsp3) is 0.409. The quantitative estimate of drug-likeness (QED) is 0.672. The standard InChI is InChI=1S/C22H28N6S/c1-16-24-21(14-22(25-16)28-12-10-27(3)11-13-28)23-9-8-18-4-6-19(7-5-18)20-15-29-17(2)26-20/h4-7,14-15H,8-13H2,1-3H3,(H,23,24,25). The molecule has 3 aromatic rings. The van der Waals surface area contributed by atoms with Crippen LogP contribution in [0.15, 0.2) is 35.7 Å². The van der Waals surface area contributed by atoms with E-state index in [4.69, 9.17) is 0 Å². The molecular formula is C22H28N6S. The number of nitrogens with one attached hydrogen (secondary N) is 1. The Kier molecular flexibility index (Phi) is 6.06. The van der Waals surface area contributed by atoms with Crippen molar-refractivity contribution in [1.82, 2.24) is 19.9 Å². The number of aromatic nitrogens is 3. The molecule has 0 aliphatic carbocycles. The molecule has 3 heterocycles. The van der Waals surface area contributed by atoms with E-state index in [1.807, 2.05) is 13.8 Å². The highest BCUT2D eigenvalue weighted by Gasteiger charge is 2.16. The largest absolute Gasteiger partial charge is 0.370 e. The molecule has 0 unspecified atom stereocenters. The minimum absolute atomic E-state index is 0.812. The van der Waals surface area contributed by atoms with Gasteiger partial charge in [0.2, 0.25) is 0 Å². The van der Waals surface area contributed by atoms with Crippen molar-refractivity contribution in [3.05, 3.63) is 52.1 Å². The van der Waals surface area contributed by atoms with Crippen LogP contribution < -0.4 is 10.2 Å². The molecule has 1 aliphatic rings. The first-order valence-corrected chi connectivity index (χ1v) is 11.0. The summed E-state index contributed by atoms with van der Waals surface area (Å²) in [6, 6.07) is 10.8. The maximum atomic E-state index is 4.64. The second kappa shape index (κ2) is 8.88. The second-order valence-electron chi connectivity index (χ2n) is 7.57. The van der Waals surface area contributed by atoms with E-state index in [9.17, 15) is 0 Å². The van der Waals surface area contributed by atoms with Gasteiger partial charge in [0, 0.05) is 49.7 Å². The van der Waals surface area contributed by atoms with Gasteiger partial charge in [-0.1, -0.05) is 24.3 Å². The van der Waals surface area contributed by atoms with Gasteiger partial charge in [0.15, 0.2) is 0 Å². The maximum Gasteiger partial charge on any atom is 0.134 e. The van der Waals surface area contributed by atoms with Crippen molar-refractivity contribution in [3.8, 4) is 11.3 Å². The molecular weight excluding hydrogens is 380 g/mol. The number of likely N-dealkylation sites (N-methyl/N-ethyl adjacent to an activating group) is 1. The third-order valence-electron chi connectivity index (χ3n) is 5.24. The molecule has 1 aromatic carbocycles. The average molecular weight is 409 g/mol. The molecule has 29 heavy (non-hydrogen) atoms. The Hall–Kier alpha value is -2.51. The van der Waals surface area contributed by atoms with Crippen LogP contribution in [0.5, 0.6) is 0 Å². The zero-order chi connectivity index (χ0) is 20.2. The molecule has 0 atom stereocenters. The Balaban J connectivity index is 1.34. The molecule has 6 nitrogen and oxygen atoms in total. The average Bonchev–Trinajstić information content (AvgIpc) is 3.15. The van der Waals surface area contributed by atoms with Crippen LogP contribution in [0.25, 0.3) is 11.3 Å². The Labute approximate surface area is 176 Å². The van der Waals surface area contributed by atoms with Gasteiger partial charge in [-0.05, 0) is 32.9 Å². The lowest BCUT2D eigenvalue weighted by Gasteiger charge is -2.33. The minimum Gasteiger partial charge on any atom is -0.370 e. The Morgan fingerprint density at radius 2 is 1.76 bits per heavy atom. The normalized spacial score (nSPS) is 14.9. The highest BCUT2D eigenvalue weighted by Crippen LogP contribution is 2.22. The number of benzene rings is 1. The molecule has 0 radical (unpaired) electrons. The fourth-order valence-electron chi connectivity index (χ4n) is 3.51. The third-order valence-corrected chi connectivity index (χ3v) is 6.01. The van der Waals surface area contributed by atoms with Crippen molar-refractivity contribution in [1.29, 1.82) is 0 Å². The summed E-state index contributed by atoms with van der Waals surface area (Å²) >= 11 is 1.69. The smallest absolute Gasteiger partial charge is 0.134 e. The van der Waals surface area contributed by atoms with Crippen molar-refractivity contribution >= 4 is 23.0 Å². The SMILES string of the molecule is Cc1nc(NCCc2ccc(-c3csc(C)n3)cc2)cc(N2CCN(C)CC2)n1.